The number of aromatic nitrogens is 2. The smallest absolute Gasteiger partial charge is 0.352 e. The number of hydrogen-bond donors (Lipinski definition) is 3. The number of carboxylic acids is 1. The van der Waals surface area contributed by atoms with Crippen molar-refractivity contribution >= 4 is 21.8 Å². The van der Waals surface area contributed by atoms with Crippen molar-refractivity contribution in [3.63, 3.8) is 0 Å². The number of carboxylic acid groups (broad SMARTS) is 1. The fraction of sp³-hybridized carbons (Fsp3) is 0.273. The van der Waals surface area contributed by atoms with E-state index in [4.69, 9.17) is 9.63 Å². The molecule has 0 aliphatic carbocycles. The van der Waals surface area contributed by atoms with Crippen molar-refractivity contribution in [3.05, 3.63) is 28.8 Å². The highest BCUT2D eigenvalue weighted by Crippen LogP contribution is 2.25. The van der Waals surface area contributed by atoms with E-state index in [0.717, 1.165) is 0 Å². The molecule has 2 aromatic heterocycles. The number of aromatic amines is 1. The number of aryl methyl sites for hydroxylation is 2. The molecule has 0 radical (unpaired) electrons. The molecule has 2 rings (SSSR count). The first-order chi connectivity index (χ1) is 9.22. The second-order valence-electron chi connectivity index (χ2n) is 4.31. The molecule has 2 aromatic rings. The maximum Gasteiger partial charge on any atom is 0.352 e. The molecule has 2 heterocycles. The van der Waals surface area contributed by atoms with Gasteiger partial charge in [-0.2, -0.15) is 0 Å². The number of rotatable bonds is 4. The van der Waals surface area contributed by atoms with Crippen molar-refractivity contribution in [2.75, 3.05) is 4.72 Å². The standard InChI is InChI=1S/C11H13N3O5S/c1-5-4-8(13-19-5)14-20(17,18)10-6(2)9(11(15)16)12-7(10)3/h4,12H,1-3H3,(H,13,14)(H,15,16). The van der Waals surface area contributed by atoms with E-state index in [1.54, 1.807) is 6.92 Å². The number of sulfonamides is 1. The Morgan fingerprint density at radius 1 is 1.40 bits per heavy atom. The Morgan fingerprint density at radius 3 is 2.50 bits per heavy atom. The van der Waals surface area contributed by atoms with E-state index in [1.807, 2.05) is 0 Å². The van der Waals surface area contributed by atoms with Crippen LogP contribution < -0.4 is 4.72 Å². The van der Waals surface area contributed by atoms with Crippen LogP contribution in [-0.4, -0.2) is 29.6 Å². The van der Waals surface area contributed by atoms with Crippen molar-refractivity contribution in [2.24, 2.45) is 0 Å². The van der Waals surface area contributed by atoms with Gasteiger partial charge < -0.3 is 14.6 Å². The number of hydrogen-bond acceptors (Lipinski definition) is 5. The molecule has 3 N–H and O–H groups in total. The zero-order valence-corrected chi connectivity index (χ0v) is 11.8. The van der Waals surface area contributed by atoms with Gasteiger partial charge in [-0.05, 0) is 20.8 Å². The van der Waals surface area contributed by atoms with Gasteiger partial charge in [0.05, 0.1) is 0 Å². The fourth-order valence-corrected chi connectivity index (χ4v) is 3.39. The Morgan fingerprint density at radius 2 is 2.05 bits per heavy atom. The van der Waals surface area contributed by atoms with Crippen LogP contribution in [0.5, 0.6) is 0 Å². The number of nitrogens with zero attached hydrogens (tertiary/aromatic N) is 1. The first kappa shape index (κ1) is 14.1. The molecule has 9 heteroatoms. The predicted octanol–water partition coefficient (Wildman–Crippen LogP) is 1.43. The van der Waals surface area contributed by atoms with Gasteiger partial charge in [0.25, 0.3) is 10.0 Å². The average Bonchev–Trinajstić information content (AvgIpc) is 2.82. The minimum absolute atomic E-state index is 0.0411. The molecule has 0 spiro atoms. The summed E-state index contributed by atoms with van der Waals surface area (Å²) in [5.41, 5.74) is 0.231. The summed E-state index contributed by atoms with van der Waals surface area (Å²) < 4.78 is 31.6. The molecule has 0 saturated carbocycles. The summed E-state index contributed by atoms with van der Waals surface area (Å²) in [6.07, 6.45) is 0. The molecule has 0 aliphatic heterocycles. The largest absolute Gasteiger partial charge is 0.477 e. The number of aromatic carboxylic acids is 1. The summed E-state index contributed by atoms with van der Waals surface area (Å²) in [6.45, 7) is 4.54. The summed E-state index contributed by atoms with van der Waals surface area (Å²) in [6, 6.07) is 1.42. The quantitative estimate of drug-likeness (QED) is 0.784. The number of carbonyl (C=O) groups is 1. The summed E-state index contributed by atoms with van der Waals surface area (Å²) in [5.74, 6) is -0.722. The van der Waals surface area contributed by atoms with Gasteiger partial charge >= 0.3 is 5.97 Å². The summed E-state index contributed by atoms with van der Waals surface area (Å²) >= 11 is 0. The van der Waals surface area contributed by atoms with Crippen LogP contribution in [0.3, 0.4) is 0 Å². The van der Waals surface area contributed by atoms with Gasteiger partial charge in [0.2, 0.25) is 0 Å². The minimum atomic E-state index is -3.94. The Bertz CT molecular complexity index is 772. The Hall–Kier alpha value is -2.29. The van der Waals surface area contributed by atoms with E-state index in [-0.39, 0.29) is 27.7 Å². The number of nitrogens with one attached hydrogen (secondary N) is 2. The predicted molar refractivity (Wildman–Crippen MR) is 69.3 cm³/mol. The molecule has 20 heavy (non-hydrogen) atoms. The maximum absolute atomic E-state index is 12.3. The highest BCUT2D eigenvalue weighted by Gasteiger charge is 2.27. The van der Waals surface area contributed by atoms with Crippen molar-refractivity contribution in [1.82, 2.24) is 10.1 Å². The lowest BCUT2D eigenvalue weighted by atomic mass is 10.2. The lowest BCUT2D eigenvalue weighted by Crippen LogP contribution is -2.15. The zero-order chi connectivity index (χ0) is 15.1. The van der Waals surface area contributed by atoms with Gasteiger partial charge in [0, 0.05) is 17.3 Å². The van der Waals surface area contributed by atoms with Crippen molar-refractivity contribution in [2.45, 2.75) is 25.7 Å². The lowest BCUT2D eigenvalue weighted by molar-refractivity contribution is 0.0690. The van der Waals surface area contributed by atoms with E-state index < -0.39 is 16.0 Å². The Labute approximate surface area is 114 Å². The van der Waals surface area contributed by atoms with Crippen LogP contribution in [0.4, 0.5) is 5.82 Å². The van der Waals surface area contributed by atoms with Crippen LogP contribution in [0, 0.1) is 20.8 Å². The molecule has 0 amide bonds. The molecule has 0 saturated heterocycles. The second-order valence-corrected chi connectivity index (χ2v) is 5.93. The molecule has 0 unspecified atom stereocenters. The van der Waals surface area contributed by atoms with Crippen LogP contribution in [0.1, 0.15) is 27.5 Å². The lowest BCUT2D eigenvalue weighted by Gasteiger charge is -2.05. The second kappa shape index (κ2) is 4.67. The topological polar surface area (TPSA) is 125 Å². The van der Waals surface area contributed by atoms with Crippen molar-refractivity contribution in [1.29, 1.82) is 0 Å². The van der Waals surface area contributed by atoms with Gasteiger partial charge in [-0.15, -0.1) is 0 Å². The van der Waals surface area contributed by atoms with Gasteiger partial charge in [-0.25, -0.2) is 13.2 Å². The third kappa shape index (κ3) is 2.39. The summed E-state index contributed by atoms with van der Waals surface area (Å²) in [7, 11) is -3.94. The van der Waals surface area contributed by atoms with Crippen molar-refractivity contribution in [3.8, 4) is 0 Å². The number of H-pyrrole nitrogens is 1. The van der Waals surface area contributed by atoms with E-state index in [0.29, 0.717) is 5.76 Å². The molecule has 0 aromatic carbocycles. The first-order valence-corrected chi connectivity index (χ1v) is 7.09. The molecule has 8 nitrogen and oxygen atoms in total. The third-order valence-corrected chi connectivity index (χ3v) is 4.35. The molecular formula is C11H13N3O5S. The van der Waals surface area contributed by atoms with Gasteiger partial charge in [0.1, 0.15) is 16.3 Å². The van der Waals surface area contributed by atoms with Crippen LogP contribution in [0.15, 0.2) is 15.5 Å². The number of anilines is 1. The van der Waals surface area contributed by atoms with Gasteiger partial charge in [0.15, 0.2) is 5.82 Å². The van der Waals surface area contributed by atoms with Crippen LogP contribution in [-0.2, 0) is 10.0 Å². The Kier molecular flexibility index (Phi) is 3.30. The minimum Gasteiger partial charge on any atom is -0.477 e. The summed E-state index contributed by atoms with van der Waals surface area (Å²) in [5, 5.41) is 12.5. The van der Waals surface area contributed by atoms with Crippen LogP contribution >= 0.6 is 0 Å². The van der Waals surface area contributed by atoms with E-state index in [1.165, 1.54) is 19.9 Å². The van der Waals surface area contributed by atoms with Gasteiger partial charge in [-0.1, -0.05) is 5.16 Å². The maximum atomic E-state index is 12.3. The van der Waals surface area contributed by atoms with Crippen molar-refractivity contribution < 1.29 is 22.8 Å². The van der Waals surface area contributed by atoms with Gasteiger partial charge in [-0.3, -0.25) is 4.72 Å². The van der Waals surface area contributed by atoms with E-state index in [9.17, 15) is 13.2 Å². The molecule has 0 atom stereocenters. The molecule has 0 bridgehead atoms. The molecule has 0 fully saturated rings. The first-order valence-electron chi connectivity index (χ1n) is 5.61. The monoisotopic (exact) mass is 299 g/mol. The van der Waals surface area contributed by atoms with Crippen LogP contribution in [0.2, 0.25) is 0 Å². The fourth-order valence-electron chi connectivity index (χ4n) is 1.95. The molecular weight excluding hydrogens is 286 g/mol. The third-order valence-electron chi connectivity index (χ3n) is 2.72. The molecule has 108 valence electrons. The average molecular weight is 299 g/mol. The van der Waals surface area contributed by atoms with E-state index in [2.05, 4.69) is 14.9 Å². The highest BCUT2D eigenvalue weighted by atomic mass is 32.2. The van der Waals surface area contributed by atoms with Crippen LogP contribution in [0.25, 0.3) is 0 Å². The summed E-state index contributed by atoms with van der Waals surface area (Å²) in [4.78, 5) is 13.4. The molecule has 0 aliphatic rings. The normalized spacial score (nSPS) is 11.6. The SMILES string of the molecule is Cc1cc(NS(=O)(=O)c2c(C)[nH]c(C(=O)O)c2C)no1. The zero-order valence-electron chi connectivity index (χ0n) is 11.0. The van der Waals surface area contributed by atoms with E-state index >= 15 is 0 Å². The Balaban J connectivity index is 2.47. The highest BCUT2D eigenvalue weighted by molar-refractivity contribution is 7.92.